The molecule has 1 saturated carbocycles. The monoisotopic (exact) mass is 462 g/mol. The Hall–Kier alpha value is -2.64. The summed E-state index contributed by atoms with van der Waals surface area (Å²) >= 11 is 0. The molecule has 1 aliphatic carbocycles. The number of aromatic nitrogens is 2. The first-order valence-electron chi connectivity index (χ1n) is 11.6. The summed E-state index contributed by atoms with van der Waals surface area (Å²) in [7, 11) is 0. The fourth-order valence-electron chi connectivity index (χ4n) is 4.88. The number of fused-ring (bicyclic) bond motifs is 6. The highest BCUT2D eigenvalue weighted by atomic mass is 19.3. The van der Waals surface area contributed by atoms with Crippen LogP contribution in [0.3, 0.4) is 0 Å². The number of nitrogens with zero attached hydrogens (tertiary/aromatic N) is 2. The van der Waals surface area contributed by atoms with E-state index in [1.165, 1.54) is 18.5 Å². The maximum Gasteiger partial charge on any atom is 0.266 e. The molecule has 0 unspecified atom stereocenters. The molecular formula is C25H30F4N4. The van der Waals surface area contributed by atoms with Crippen LogP contribution in [0, 0.1) is 5.82 Å². The number of benzene rings is 1. The van der Waals surface area contributed by atoms with Crippen LogP contribution < -0.4 is 21.2 Å². The molecule has 3 heterocycles. The number of alkyl halides is 3. The molecule has 5 rings (SSSR count). The van der Waals surface area contributed by atoms with Crippen LogP contribution in [0.1, 0.15) is 82.4 Å². The molecule has 1 aromatic carbocycles. The number of anilines is 1. The molecular weight excluding hydrogens is 432 g/mol. The van der Waals surface area contributed by atoms with E-state index >= 15 is 4.39 Å². The maximum atomic E-state index is 15.1. The van der Waals surface area contributed by atoms with E-state index in [1.54, 1.807) is 6.92 Å². The third-order valence-electron chi connectivity index (χ3n) is 6.92. The van der Waals surface area contributed by atoms with Crippen LogP contribution in [0.25, 0.3) is 11.8 Å². The maximum absolute atomic E-state index is 15.1. The number of rotatable bonds is 4. The van der Waals surface area contributed by atoms with Crippen molar-refractivity contribution in [3.63, 3.8) is 0 Å². The van der Waals surface area contributed by atoms with Gasteiger partial charge >= 0.3 is 0 Å². The van der Waals surface area contributed by atoms with Gasteiger partial charge in [0.1, 0.15) is 23.6 Å². The van der Waals surface area contributed by atoms with Gasteiger partial charge in [-0.1, -0.05) is 18.2 Å². The van der Waals surface area contributed by atoms with E-state index in [9.17, 15) is 13.2 Å². The van der Waals surface area contributed by atoms with Gasteiger partial charge in [0, 0.05) is 17.8 Å². The van der Waals surface area contributed by atoms with Crippen LogP contribution in [-0.2, 0) is 0 Å². The van der Waals surface area contributed by atoms with E-state index in [4.69, 9.17) is 0 Å². The van der Waals surface area contributed by atoms with Crippen molar-refractivity contribution in [2.45, 2.75) is 83.0 Å². The van der Waals surface area contributed by atoms with Crippen molar-refractivity contribution in [3.8, 4) is 0 Å². The Kier molecular flexibility index (Phi) is 6.91. The zero-order valence-corrected chi connectivity index (χ0v) is 19.0. The zero-order chi connectivity index (χ0) is 23.6. The van der Waals surface area contributed by atoms with Gasteiger partial charge in [-0.3, -0.25) is 0 Å². The average Bonchev–Trinajstić information content (AvgIpc) is 2.78. The molecule has 2 bridgehead atoms. The van der Waals surface area contributed by atoms with Crippen LogP contribution >= 0.6 is 0 Å². The quantitative estimate of drug-likeness (QED) is 0.624. The molecule has 2 aliphatic heterocycles. The first-order chi connectivity index (χ1) is 15.8. The molecule has 1 fully saturated rings. The molecule has 3 aliphatic rings. The Morgan fingerprint density at radius 2 is 1.85 bits per heavy atom. The summed E-state index contributed by atoms with van der Waals surface area (Å²) in [6, 6.07) is 3.59. The first kappa shape index (κ1) is 23.5. The van der Waals surface area contributed by atoms with E-state index in [-0.39, 0.29) is 11.6 Å². The van der Waals surface area contributed by atoms with Crippen molar-refractivity contribution < 1.29 is 17.6 Å². The van der Waals surface area contributed by atoms with Gasteiger partial charge in [0.25, 0.3) is 6.43 Å². The summed E-state index contributed by atoms with van der Waals surface area (Å²) < 4.78 is 56.1. The normalized spacial score (nSPS) is 26.9. The summed E-state index contributed by atoms with van der Waals surface area (Å²) in [4.78, 5) is 8.86. The highest BCUT2D eigenvalue weighted by Crippen LogP contribution is 2.36. The standard InChI is InChI=1S/C25H30F4N4/c1-15-5-4-10-25(29)11-8-17(9-12-25)30-13-20-22(15)31-14-32-24(20)33-16(2)18-6-3-7-19(21(18)26)23(27)28/h3,6-7,13-14,16-17,23,30H,4-5,8-12H2,1-2H3,(H,31,32,33)/b20-13+,22-15+/t16-,17?,25?/m1/s1. The SMILES string of the molecule is C/C1=c2\ncnc(N[C@H](C)c3cccc(C(F)F)c3F)\c2=C\NC2CCC(F)(CCC1)CC2. The molecule has 8 heteroatoms. The van der Waals surface area contributed by atoms with Crippen molar-refractivity contribution in [1.29, 1.82) is 0 Å². The molecule has 1 aromatic heterocycles. The Morgan fingerprint density at radius 3 is 2.58 bits per heavy atom. The lowest BCUT2D eigenvalue weighted by Crippen LogP contribution is -2.41. The largest absolute Gasteiger partial charge is 0.388 e. The van der Waals surface area contributed by atoms with Crippen LogP contribution in [-0.4, -0.2) is 21.7 Å². The van der Waals surface area contributed by atoms with E-state index in [0.717, 1.165) is 41.5 Å². The Labute approximate surface area is 191 Å². The van der Waals surface area contributed by atoms with Crippen molar-refractivity contribution in [1.82, 2.24) is 15.3 Å². The summed E-state index contributed by atoms with van der Waals surface area (Å²) in [6.45, 7) is 3.69. The summed E-state index contributed by atoms with van der Waals surface area (Å²) in [6.07, 6.45) is 5.03. The molecule has 178 valence electrons. The topological polar surface area (TPSA) is 49.8 Å². The number of halogens is 4. The molecule has 1 atom stereocenters. The van der Waals surface area contributed by atoms with Crippen molar-refractivity contribution in [2.75, 3.05) is 5.32 Å². The number of hydrogen-bond donors (Lipinski definition) is 2. The van der Waals surface area contributed by atoms with E-state index < -0.39 is 29.5 Å². The molecule has 0 radical (unpaired) electrons. The van der Waals surface area contributed by atoms with Crippen molar-refractivity contribution in [2.24, 2.45) is 0 Å². The van der Waals surface area contributed by atoms with Crippen LogP contribution in [0.5, 0.6) is 0 Å². The van der Waals surface area contributed by atoms with Crippen LogP contribution in [0.2, 0.25) is 0 Å². The molecule has 2 aromatic rings. The molecule has 33 heavy (non-hydrogen) atoms. The molecule has 0 saturated heterocycles. The van der Waals surface area contributed by atoms with Gasteiger partial charge < -0.3 is 10.6 Å². The predicted octanol–water partition coefficient (Wildman–Crippen LogP) is 5.06. The summed E-state index contributed by atoms with van der Waals surface area (Å²) in [5.74, 6) is -0.416. The Bertz CT molecular complexity index is 1110. The molecule has 4 nitrogen and oxygen atoms in total. The van der Waals surface area contributed by atoms with Gasteiger partial charge in [-0.25, -0.2) is 27.5 Å². The highest BCUT2D eigenvalue weighted by molar-refractivity contribution is 5.49. The summed E-state index contributed by atoms with van der Waals surface area (Å²) in [5.41, 5.74) is -0.524. The second-order valence-corrected chi connectivity index (χ2v) is 9.27. The smallest absolute Gasteiger partial charge is 0.266 e. The first-order valence-corrected chi connectivity index (χ1v) is 11.6. The minimum atomic E-state index is -2.88. The molecule has 2 N–H and O–H groups in total. The number of nitrogens with one attached hydrogen (secondary N) is 2. The van der Waals surface area contributed by atoms with Gasteiger partial charge in [0.15, 0.2) is 0 Å². The Morgan fingerprint density at radius 1 is 1.12 bits per heavy atom. The number of hydrogen-bond acceptors (Lipinski definition) is 4. The van der Waals surface area contributed by atoms with Gasteiger partial charge in [0.2, 0.25) is 0 Å². The lowest BCUT2D eigenvalue weighted by Gasteiger charge is -2.34. The minimum Gasteiger partial charge on any atom is -0.388 e. The van der Waals surface area contributed by atoms with Gasteiger partial charge in [-0.05, 0) is 64.4 Å². The highest BCUT2D eigenvalue weighted by Gasteiger charge is 2.34. The fraction of sp³-hybridized carbons (Fsp3) is 0.520. The third-order valence-corrected chi connectivity index (χ3v) is 6.92. The zero-order valence-electron chi connectivity index (χ0n) is 19.0. The van der Waals surface area contributed by atoms with Gasteiger partial charge in [-0.15, -0.1) is 0 Å². The Balaban J connectivity index is 1.72. The molecule has 0 amide bonds. The van der Waals surface area contributed by atoms with E-state index in [1.807, 2.05) is 13.1 Å². The average molecular weight is 463 g/mol. The van der Waals surface area contributed by atoms with Crippen molar-refractivity contribution >= 4 is 17.6 Å². The predicted molar refractivity (Wildman–Crippen MR) is 121 cm³/mol. The lowest BCUT2D eigenvalue weighted by atomic mass is 9.80. The second kappa shape index (κ2) is 9.69. The third kappa shape index (κ3) is 5.14. The van der Waals surface area contributed by atoms with E-state index in [2.05, 4.69) is 20.6 Å². The summed E-state index contributed by atoms with van der Waals surface area (Å²) in [5, 5.41) is 8.09. The molecule has 0 spiro atoms. The van der Waals surface area contributed by atoms with Gasteiger partial charge in [-0.2, -0.15) is 0 Å². The minimum absolute atomic E-state index is 0.147. The van der Waals surface area contributed by atoms with E-state index in [0.29, 0.717) is 31.5 Å². The van der Waals surface area contributed by atoms with Gasteiger partial charge in [0.05, 0.1) is 22.2 Å². The lowest BCUT2D eigenvalue weighted by molar-refractivity contribution is 0.0839. The fourth-order valence-corrected chi connectivity index (χ4v) is 4.88. The van der Waals surface area contributed by atoms with Crippen molar-refractivity contribution in [3.05, 3.63) is 52.0 Å². The van der Waals surface area contributed by atoms with Crippen LogP contribution in [0.15, 0.2) is 24.5 Å². The van der Waals surface area contributed by atoms with Crippen LogP contribution in [0.4, 0.5) is 23.4 Å². The second-order valence-electron chi connectivity index (χ2n) is 9.27.